The molecule has 0 saturated heterocycles. The normalized spacial score (nSPS) is 17.1. The predicted molar refractivity (Wildman–Crippen MR) is 108 cm³/mol. The number of rotatable bonds is 2. The molecule has 0 radical (unpaired) electrons. The van der Waals surface area contributed by atoms with E-state index in [-0.39, 0.29) is 0 Å². The van der Waals surface area contributed by atoms with Crippen LogP contribution in [0.25, 0.3) is 21.5 Å². The first-order valence-electron chi connectivity index (χ1n) is 8.89. The third-order valence-electron chi connectivity index (χ3n) is 5.69. The van der Waals surface area contributed by atoms with Crippen LogP contribution >= 0.6 is 15.9 Å². The first-order chi connectivity index (χ1) is 12.3. The summed E-state index contributed by atoms with van der Waals surface area (Å²) in [5, 5.41) is 6.27. The molecule has 0 spiro atoms. The van der Waals surface area contributed by atoms with Crippen molar-refractivity contribution in [3.8, 4) is 0 Å². The van der Waals surface area contributed by atoms with Crippen LogP contribution in [0.15, 0.2) is 65.3 Å². The van der Waals surface area contributed by atoms with Crippen LogP contribution in [0.5, 0.6) is 0 Å². The van der Waals surface area contributed by atoms with Crippen molar-refractivity contribution in [2.75, 3.05) is 0 Å². The fraction of sp³-hybridized carbons (Fsp3) is 0.217. The molecule has 25 heavy (non-hydrogen) atoms. The molecule has 124 valence electrons. The molecule has 0 bridgehead atoms. The summed E-state index contributed by atoms with van der Waals surface area (Å²) >= 11 is 3.56. The molecule has 0 amide bonds. The summed E-state index contributed by atoms with van der Waals surface area (Å²) in [6.45, 7) is 0. The van der Waals surface area contributed by atoms with Gasteiger partial charge < -0.3 is 4.42 Å². The van der Waals surface area contributed by atoms with Gasteiger partial charge in [-0.05, 0) is 69.5 Å². The Kier molecular flexibility index (Phi) is 3.67. The molecule has 5 rings (SSSR count). The largest absolute Gasteiger partial charge is 0.468 e. The van der Waals surface area contributed by atoms with Crippen molar-refractivity contribution < 1.29 is 4.42 Å². The minimum atomic E-state index is 0.552. The SMILES string of the molecule is BrCc1occc1C1CCc2ccc3c(ccc4ccccc43)c2C1. The second-order valence-electron chi connectivity index (χ2n) is 6.96. The number of furan rings is 1. The van der Waals surface area contributed by atoms with Crippen molar-refractivity contribution in [3.63, 3.8) is 0 Å². The topological polar surface area (TPSA) is 13.1 Å². The minimum absolute atomic E-state index is 0.552. The standard InChI is InChI=1S/C23H19BrO/c24-14-23-19(11-12-25-23)17-6-5-16-8-9-20-18-4-2-1-3-15(18)7-10-21(20)22(16)13-17/h1-4,7-12,17H,5-6,13-14H2. The van der Waals surface area contributed by atoms with Crippen LogP contribution in [-0.2, 0) is 18.2 Å². The van der Waals surface area contributed by atoms with Gasteiger partial charge in [0.05, 0.1) is 11.6 Å². The highest BCUT2D eigenvalue weighted by Crippen LogP contribution is 2.39. The maximum absolute atomic E-state index is 5.65. The van der Waals surface area contributed by atoms with E-state index < -0.39 is 0 Å². The van der Waals surface area contributed by atoms with Crippen LogP contribution in [0.3, 0.4) is 0 Å². The number of alkyl halides is 1. The molecule has 1 unspecified atom stereocenters. The highest BCUT2D eigenvalue weighted by Gasteiger charge is 2.25. The van der Waals surface area contributed by atoms with Crippen LogP contribution in [0.2, 0.25) is 0 Å². The number of hydrogen-bond acceptors (Lipinski definition) is 1. The summed E-state index contributed by atoms with van der Waals surface area (Å²) in [5.74, 6) is 1.63. The number of hydrogen-bond donors (Lipinski definition) is 0. The molecule has 0 aliphatic heterocycles. The van der Waals surface area contributed by atoms with Crippen LogP contribution in [-0.4, -0.2) is 0 Å². The third-order valence-corrected chi connectivity index (χ3v) is 6.20. The Morgan fingerprint density at radius 3 is 2.72 bits per heavy atom. The van der Waals surface area contributed by atoms with E-state index >= 15 is 0 Å². The average Bonchev–Trinajstić information content (AvgIpc) is 3.16. The Morgan fingerprint density at radius 1 is 0.920 bits per heavy atom. The summed E-state index contributed by atoms with van der Waals surface area (Å²) < 4.78 is 5.65. The fourth-order valence-corrected chi connectivity index (χ4v) is 4.89. The van der Waals surface area contributed by atoms with Gasteiger partial charge >= 0.3 is 0 Å². The van der Waals surface area contributed by atoms with Gasteiger partial charge in [-0.1, -0.05) is 64.5 Å². The molecule has 1 nitrogen and oxygen atoms in total. The Morgan fingerprint density at radius 2 is 1.80 bits per heavy atom. The van der Waals surface area contributed by atoms with Crippen molar-refractivity contribution in [1.29, 1.82) is 0 Å². The second-order valence-corrected chi connectivity index (χ2v) is 7.52. The van der Waals surface area contributed by atoms with E-state index in [0.29, 0.717) is 5.92 Å². The van der Waals surface area contributed by atoms with E-state index in [0.717, 1.165) is 23.9 Å². The first kappa shape index (κ1) is 15.2. The van der Waals surface area contributed by atoms with Crippen LogP contribution in [0.1, 0.15) is 34.8 Å². The van der Waals surface area contributed by atoms with Gasteiger partial charge in [0.15, 0.2) is 0 Å². The maximum Gasteiger partial charge on any atom is 0.117 e. The molecule has 2 heteroatoms. The highest BCUT2D eigenvalue weighted by atomic mass is 79.9. The second kappa shape index (κ2) is 6.03. The summed E-state index contributed by atoms with van der Waals surface area (Å²) in [7, 11) is 0. The van der Waals surface area contributed by atoms with Gasteiger partial charge in [-0.25, -0.2) is 0 Å². The molecule has 0 fully saturated rings. The first-order valence-corrected chi connectivity index (χ1v) is 10.0. The fourth-order valence-electron chi connectivity index (χ4n) is 4.44. The van der Waals surface area contributed by atoms with E-state index in [1.54, 1.807) is 0 Å². The molecule has 0 N–H and O–H groups in total. The van der Waals surface area contributed by atoms with E-state index in [1.807, 2.05) is 6.26 Å². The number of halogens is 1. The van der Waals surface area contributed by atoms with E-state index in [2.05, 4.69) is 70.5 Å². The maximum atomic E-state index is 5.65. The van der Waals surface area contributed by atoms with Gasteiger partial charge in [-0.2, -0.15) is 0 Å². The summed E-state index contributed by atoms with van der Waals surface area (Å²) in [6, 6.07) is 20.1. The number of fused-ring (bicyclic) bond motifs is 5. The lowest BCUT2D eigenvalue weighted by Gasteiger charge is -2.26. The molecular formula is C23H19BrO. The number of benzene rings is 3. The van der Waals surface area contributed by atoms with Crippen molar-refractivity contribution in [2.45, 2.75) is 30.5 Å². The van der Waals surface area contributed by atoms with E-state index in [1.165, 1.54) is 44.7 Å². The van der Waals surface area contributed by atoms with Gasteiger partial charge in [0.1, 0.15) is 5.76 Å². The zero-order chi connectivity index (χ0) is 16.8. The van der Waals surface area contributed by atoms with Crippen molar-refractivity contribution >= 4 is 37.5 Å². The molecule has 1 atom stereocenters. The lowest BCUT2D eigenvalue weighted by Crippen LogP contribution is -2.13. The highest BCUT2D eigenvalue weighted by molar-refractivity contribution is 9.08. The Hall–Kier alpha value is -2.06. The molecule has 1 heterocycles. The van der Waals surface area contributed by atoms with Gasteiger partial charge in [-0.3, -0.25) is 0 Å². The Bertz CT molecular complexity index is 1080. The van der Waals surface area contributed by atoms with Crippen molar-refractivity contribution in [3.05, 3.63) is 83.3 Å². The average molecular weight is 391 g/mol. The zero-order valence-electron chi connectivity index (χ0n) is 14.0. The Labute approximate surface area is 155 Å². The predicted octanol–water partition coefficient (Wildman–Crippen LogP) is 6.75. The molecular weight excluding hydrogens is 372 g/mol. The third kappa shape index (κ3) is 2.43. The van der Waals surface area contributed by atoms with Gasteiger partial charge in [0, 0.05) is 0 Å². The summed E-state index contributed by atoms with van der Waals surface area (Å²) in [6.07, 6.45) is 5.28. The van der Waals surface area contributed by atoms with Gasteiger partial charge in [-0.15, -0.1) is 0 Å². The molecule has 1 aliphatic rings. The van der Waals surface area contributed by atoms with E-state index in [9.17, 15) is 0 Å². The van der Waals surface area contributed by atoms with Gasteiger partial charge in [0.25, 0.3) is 0 Å². The van der Waals surface area contributed by atoms with E-state index in [4.69, 9.17) is 4.42 Å². The lowest BCUT2D eigenvalue weighted by molar-refractivity contribution is 0.510. The van der Waals surface area contributed by atoms with Gasteiger partial charge in [0.2, 0.25) is 0 Å². The molecule has 3 aromatic carbocycles. The summed E-state index contributed by atoms with van der Waals surface area (Å²) in [5.41, 5.74) is 4.42. The zero-order valence-corrected chi connectivity index (χ0v) is 15.6. The van der Waals surface area contributed by atoms with Crippen LogP contribution in [0.4, 0.5) is 0 Å². The molecule has 4 aromatic rings. The molecule has 1 aromatic heterocycles. The number of aryl methyl sites for hydroxylation is 1. The smallest absolute Gasteiger partial charge is 0.117 e. The van der Waals surface area contributed by atoms with Crippen LogP contribution < -0.4 is 0 Å². The molecule has 0 saturated carbocycles. The minimum Gasteiger partial charge on any atom is -0.468 e. The monoisotopic (exact) mass is 390 g/mol. The lowest BCUT2D eigenvalue weighted by atomic mass is 9.78. The summed E-state index contributed by atoms with van der Waals surface area (Å²) in [4.78, 5) is 0. The molecule has 1 aliphatic carbocycles. The van der Waals surface area contributed by atoms with Crippen molar-refractivity contribution in [2.24, 2.45) is 0 Å². The van der Waals surface area contributed by atoms with Crippen molar-refractivity contribution in [1.82, 2.24) is 0 Å². The quantitative estimate of drug-likeness (QED) is 0.272. The van der Waals surface area contributed by atoms with Crippen LogP contribution in [0, 0.1) is 0 Å². The Balaban J connectivity index is 1.67.